The van der Waals surface area contributed by atoms with E-state index in [-0.39, 0.29) is 12.2 Å². The lowest BCUT2D eigenvalue weighted by atomic mass is 10.0. The minimum atomic E-state index is -1.24. The number of amides is 3. The van der Waals surface area contributed by atoms with Gasteiger partial charge in [0.1, 0.15) is 5.70 Å². The lowest BCUT2D eigenvalue weighted by Crippen LogP contribution is -2.34. The summed E-state index contributed by atoms with van der Waals surface area (Å²) in [5, 5.41) is 18.8. The van der Waals surface area contributed by atoms with Gasteiger partial charge in [0.25, 0.3) is 11.8 Å². The van der Waals surface area contributed by atoms with E-state index < -0.39 is 23.7 Å². The molecule has 0 aliphatic carbocycles. The Morgan fingerprint density at radius 1 is 0.744 bits per heavy atom. The van der Waals surface area contributed by atoms with E-state index in [1.165, 1.54) is 0 Å². The second-order valence-corrected chi connectivity index (χ2v) is 8.45. The van der Waals surface area contributed by atoms with E-state index in [1.54, 1.807) is 60.7 Å². The highest BCUT2D eigenvalue weighted by Crippen LogP contribution is 2.21. The molecule has 4 rings (SSSR count). The molecule has 0 saturated heterocycles. The number of anilines is 1. The van der Waals surface area contributed by atoms with Crippen molar-refractivity contribution in [3.05, 3.63) is 132 Å². The second-order valence-electron chi connectivity index (χ2n) is 8.45. The fourth-order valence-corrected chi connectivity index (χ4v) is 3.86. The van der Waals surface area contributed by atoms with Gasteiger partial charge in [0.2, 0.25) is 5.91 Å². The number of carboxylic acids is 1. The lowest BCUT2D eigenvalue weighted by Gasteiger charge is -2.14. The smallest absolute Gasteiger partial charge is 0.328 e. The van der Waals surface area contributed by atoms with Crippen molar-refractivity contribution in [3.63, 3.8) is 0 Å². The number of nitrogens with one attached hydrogen (secondary N) is 3. The Bertz CT molecular complexity index is 1590. The third-order valence-electron chi connectivity index (χ3n) is 5.74. The largest absolute Gasteiger partial charge is 0.478 e. The molecule has 0 fully saturated rings. The molecule has 0 radical (unpaired) electrons. The zero-order valence-electron chi connectivity index (χ0n) is 20.8. The summed E-state index contributed by atoms with van der Waals surface area (Å²) in [6, 6.07) is 28.8. The Morgan fingerprint density at radius 2 is 1.44 bits per heavy atom. The van der Waals surface area contributed by atoms with Crippen molar-refractivity contribution in [2.24, 2.45) is 0 Å². The maximum Gasteiger partial charge on any atom is 0.328 e. The van der Waals surface area contributed by atoms with E-state index in [4.69, 9.17) is 5.11 Å². The van der Waals surface area contributed by atoms with Crippen LogP contribution < -0.4 is 16.0 Å². The molecule has 0 saturated carbocycles. The zero-order valence-corrected chi connectivity index (χ0v) is 20.8. The molecule has 8 heteroatoms. The number of hydrogen-bond acceptors (Lipinski definition) is 4. The molecule has 0 heterocycles. The van der Waals surface area contributed by atoms with Crippen LogP contribution in [0.15, 0.2) is 115 Å². The molecule has 39 heavy (non-hydrogen) atoms. The topological polar surface area (TPSA) is 125 Å². The third kappa shape index (κ3) is 7.27. The number of benzene rings is 4. The minimum absolute atomic E-state index is 0.0337. The van der Waals surface area contributed by atoms with Crippen LogP contribution in [-0.4, -0.2) is 28.8 Å². The summed E-state index contributed by atoms with van der Waals surface area (Å²) < 4.78 is 0. The van der Waals surface area contributed by atoms with E-state index in [9.17, 15) is 19.2 Å². The predicted molar refractivity (Wildman–Crippen MR) is 150 cm³/mol. The van der Waals surface area contributed by atoms with Crippen LogP contribution in [0.4, 0.5) is 5.69 Å². The molecule has 0 aliphatic rings. The monoisotopic (exact) mass is 519 g/mol. The second kappa shape index (κ2) is 12.6. The first-order valence-electron chi connectivity index (χ1n) is 12.0. The van der Waals surface area contributed by atoms with Crippen LogP contribution in [0.5, 0.6) is 0 Å². The van der Waals surface area contributed by atoms with Gasteiger partial charge in [-0.15, -0.1) is 0 Å². The number of carboxylic acid groups (broad SMARTS) is 1. The summed E-state index contributed by atoms with van der Waals surface area (Å²) in [7, 11) is 0. The number of fused-ring (bicyclic) bond motifs is 1. The van der Waals surface area contributed by atoms with Crippen molar-refractivity contribution in [1.82, 2.24) is 10.6 Å². The van der Waals surface area contributed by atoms with Gasteiger partial charge >= 0.3 is 5.97 Å². The fourth-order valence-electron chi connectivity index (χ4n) is 3.86. The first kappa shape index (κ1) is 26.6. The van der Waals surface area contributed by atoms with Crippen molar-refractivity contribution >= 4 is 46.2 Å². The van der Waals surface area contributed by atoms with Crippen LogP contribution in [0, 0.1) is 0 Å². The molecule has 8 nitrogen and oxygen atoms in total. The van der Waals surface area contributed by atoms with Gasteiger partial charge in [0, 0.05) is 29.9 Å². The maximum atomic E-state index is 13.4. The van der Waals surface area contributed by atoms with Crippen molar-refractivity contribution in [2.75, 3.05) is 5.32 Å². The van der Waals surface area contributed by atoms with Crippen molar-refractivity contribution in [3.8, 4) is 0 Å². The van der Waals surface area contributed by atoms with Crippen LogP contribution >= 0.6 is 0 Å². The van der Waals surface area contributed by atoms with Crippen molar-refractivity contribution in [1.29, 1.82) is 0 Å². The Hall–Kier alpha value is -5.50. The standard InChI is InChI=1S/C31H25N3O5/c35-28(17-18-29(36)37)33-26-16-7-5-12-24(26)20-32-31(39)27(34-30(38)22-10-2-1-3-11-22)19-23-14-8-13-21-9-4-6-15-25(21)23/h1-19H,20H2,(H,32,39)(H,33,35)(H,34,38)(H,36,37). The molecular weight excluding hydrogens is 494 g/mol. The Labute approximate surface area is 224 Å². The molecule has 0 aromatic heterocycles. The number of hydrogen-bond donors (Lipinski definition) is 4. The summed E-state index contributed by atoms with van der Waals surface area (Å²) in [4.78, 5) is 49.1. The van der Waals surface area contributed by atoms with E-state index in [0.717, 1.165) is 28.5 Å². The quantitative estimate of drug-likeness (QED) is 0.242. The van der Waals surface area contributed by atoms with E-state index in [2.05, 4.69) is 16.0 Å². The van der Waals surface area contributed by atoms with Crippen LogP contribution in [0.3, 0.4) is 0 Å². The Morgan fingerprint density at radius 3 is 2.23 bits per heavy atom. The van der Waals surface area contributed by atoms with E-state index in [0.29, 0.717) is 16.8 Å². The highest BCUT2D eigenvalue weighted by Gasteiger charge is 2.16. The van der Waals surface area contributed by atoms with Gasteiger partial charge in [-0.3, -0.25) is 14.4 Å². The molecule has 0 aliphatic heterocycles. The average molecular weight is 520 g/mol. The van der Waals surface area contributed by atoms with Gasteiger partial charge in [-0.1, -0.05) is 78.9 Å². The molecule has 0 unspecified atom stereocenters. The molecule has 194 valence electrons. The number of carbonyl (C=O) groups is 4. The molecule has 0 atom stereocenters. The fraction of sp³-hybridized carbons (Fsp3) is 0.0323. The number of carbonyl (C=O) groups excluding carboxylic acids is 3. The first-order chi connectivity index (χ1) is 18.9. The Balaban J connectivity index is 1.59. The lowest BCUT2D eigenvalue weighted by molar-refractivity contribution is -0.131. The first-order valence-corrected chi connectivity index (χ1v) is 12.0. The van der Waals surface area contributed by atoms with Crippen LogP contribution in [0.25, 0.3) is 16.8 Å². The number of aliphatic carboxylic acids is 1. The molecule has 4 aromatic carbocycles. The molecule has 0 bridgehead atoms. The third-order valence-corrected chi connectivity index (χ3v) is 5.74. The summed E-state index contributed by atoms with van der Waals surface area (Å²) in [6.45, 7) is 0.0337. The molecule has 4 N–H and O–H groups in total. The summed E-state index contributed by atoms with van der Waals surface area (Å²) in [5.74, 6) is -2.83. The van der Waals surface area contributed by atoms with Crippen molar-refractivity contribution in [2.45, 2.75) is 6.54 Å². The number of rotatable bonds is 9. The average Bonchev–Trinajstić information content (AvgIpc) is 2.95. The van der Waals surface area contributed by atoms with Gasteiger partial charge in [0.15, 0.2) is 0 Å². The van der Waals surface area contributed by atoms with Crippen LogP contribution in [-0.2, 0) is 20.9 Å². The molecular formula is C31H25N3O5. The summed E-state index contributed by atoms with van der Waals surface area (Å²) >= 11 is 0. The zero-order chi connectivity index (χ0) is 27.6. The molecule has 4 aromatic rings. The Kier molecular flexibility index (Phi) is 8.61. The molecule has 0 spiro atoms. The van der Waals surface area contributed by atoms with Crippen LogP contribution in [0.2, 0.25) is 0 Å². The van der Waals surface area contributed by atoms with Crippen molar-refractivity contribution < 1.29 is 24.3 Å². The maximum absolute atomic E-state index is 13.4. The van der Waals surface area contributed by atoms with Crippen LogP contribution in [0.1, 0.15) is 21.5 Å². The summed E-state index contributed by atoms with van der Waals surface area (Å²) in [5.41, 5.74) is 2.19. The normalized spacial score (nSPS) is 11.2. The van der Waals surface area contributed by atoms with Gasteiger partial charge < -0.3 is 21.1 Å². The van der Waals surface area contributed by atoms with E-state index >= 15 is 0 Å². The highest BCUT2D eigenvalue weighted by molar-refractivity contribution is 6.07. The van der Waals surface area contributed by atoms with Gasteiger partial charge in [-0.05, 0) is 46.2 Å². The number of para-hydroxylation sites is 1. The van der Waals surface area contributed by atoms with Gasteiger partial charge in [-0.2, -0.15) is 0 Å². The predicted octanol–water partition coefficient (Wildman–Crippen LogP) is 4.51. The van der Waals surface area contributed by atoms with Gasteiger partial charge in [-0.25, -0.2) is 4.79 Å². The van der Waals surface area contributed by atoms with Gasteiger partial charge in [0.05, 0.1) is 0 Å². The summed E-state index contributed by atoms with van der Waals surface area (Å²) in [6.07, 6.45) is 3.27. The highest BCUT2D eigenvalue weighted by atomic mass is 16.4. The minimum Gasteiger partial charge on any atom is -0.478 e. The molecule has 3 amide bonds. The van der Waals surface area contributed by atoms with E-state index in [1.807, 2.05) is 42.5 Å². The SMILES string of the molecule is O=C(O)C=CC(=O)Nc1ccccc1CNC(=O)C(=Cc1cccc2ccccc12)NC(=O)c1ccccc1.